The summed E-state index contributed by atoms with van der Waals surface area (Å²) in [6.45, 7) is 0.522. The topological polar surface area (TPSA) is 111 Å². The highest BCUT2D eigenvalue weighted by atomic mass is 19.4. The first kappa shape index (κ1) is 24.7. The molecule has 0 saturated heterocycles. The van der Waals surface area contributed by atoms with Crippen molar-refractivity contribution in [1.29, 1.82) is 0 Å². The number of rotatable bonds is 7. The molecule has 9 nitrogen and oxygen atoms in total. The van der Waals surface area contributed by atoms with Crippen LogP contribution in [0.1, 0.15) is 77.7 Å². The van der Waals surface area contributed by atoms with Crippen LogP contribution in [0.25, 0.3) is 0 Å². The van der Waals surface area contributed by atoms with E-state index in [2.05, 4.69) is 36.7 Å². The van der Waals surface area contributed by atoms with Gasteiger partial charge < -0.3 is 4.74 Å². The van der Waals surface area contributed by atoms with E-state index in [-0.39, 0.29) is 23.5 Å². The van der Waals surface area contributed by atoms with Crippen molar-refractivity contribution in [3.63, 3.8) is 0 Å². The molecule has 2 aromatic heterocycles. The van der Waals surface area contributed by atoms with Crippen LogP contribution in [0.3, 0.4) is 0 Å². The Kier molecular flexibility index (Phi) is 7.06. The largest absolute Gasteiger partial charge is 0.573 e. The smallest absolute Gasteiger partial charge is 0.406 e. The monoisotopic (exact) mass is 513 g/mol. The van der Waals surface area contributed by atoms with Crippen LogP contribution in [-0.2, 0) is 11.3 Å². The van der Waals surface area contributed by atoms with Crippen molar-refractivity contribution in [2.45, 2.75) is 63.3 Å². The Morgan fingerprint density at radius 2 is 1.95 bits per heavy atom. The van der Waals surface area contributed by atoms with Crippen molar-refractivity contribution in [1.82, 2.24) is 30.4 Å². The molecule has 1 atom stereocenters. The molecule has 1 fully saturated rings. The lowest BCUT2D eigenvalue weighted by atomic mass is 9.86. The number of benzene rings is 1. The summed E-state index contributed by atoms with van der Waals surface area (Å²) in [7, 11) is 0. The highest BCUT2D eigenvalue weighted by Gasteiger charge is 2.32. The number of hydrogen-bond acceptors (Lipinski definition) is 6. The number of alkyl halides is 3. The van der Waals surface area contributed by atoms with Gasteiger partial charge >= 0.3 is 6.36 Å². The zero-order valence-corrected chi connectivity index (χ0v) is 19.9. The molecule has 1 saturated carbocycles. The summed E-state index contributed by atoms with van der Waals surface area (Å²) in [6.07, 6.45) is 5.94. The van der Waals surface area contributed by atoms with Crippen molar-refractivity contribution in [2.75, 3.05) is 5.32 Å². The molecule has 2 N–H and O–H groups in total. The highest BCUT2D eigenvalue weighted by molar-refractivity contribution is 6.03. The predicted octanol–water partition coefficient (Wildman–Crippen LogP) is 5.21. The van der Waals surface area contributed by atoms with Gasteiger partial charge in [0.1, 0.15) is 5.76 Å². The molecule has 194 valence electrons. The molecule has 3 aromatic rings. The summed E-state index contributed by atoms with van der Waals surface area (Å²) < 4.78 is 43.6. The van der Waals surface area contributed by atoms with Gasteiger partial charge in [0.15, 0.2) is 0 Å². The average molecular weight is 514 g/mol. The molecule has 2 aliphatic rings. The number of nitrogens with zero attached hydrogens (tertiary/aromatic N) is 5. The minimum atomic E-state index is -4.71. The van der Waals surface area contributed by atoms with Crippen LogP contribution in [0.5, 0.6) is 0 Å². The number of anilines is 1. The van der Waals surface area contributed by atoms with Crippen molar-refractivity contribution >= 4 is 11.9 Å². The lowest BCUT2D eigenvalue weighted by Crippen LogP contribution is -2.14. The number of ether oxygens (including phenoxy) is 1. The van der Waals surface area contributed by atoms with Gasteiger partial charge in [-0.3, -0.25) is 14.8 Å². The summed E-state index contributed by atoms with van der Waals surface area (Å²) in [5.74, 6) is -0.0950. The highest BCUT2D eigenvalue weighted by Crippen LogP contribution is 2.36. The lowest BCUT2D eigenvalue weighted by Gasteiger charge is -2.22. The Morgan fingerprint density at radius 1 is 1.16 bits per heavy atom. The number of allylic oxidation sites excluding steroid dienone is 3. The van der Waals surface area contributed by atoms with Crippen LogP contribution in [0, 0.1) is 0 Å². The summed E-state index contributed by atoms with van der Waals surface area (Å²) in [4.78, 5) is 12.4. The number of amides is 1. The molecule has 1 unspecified atom stereocenters. The number of aromatic amines is 1. The van der Waals surface area contributed by atoms with Crippen molar-refractivity contribution < 1.29 is 22.7 Å². The first-order chi connectivity index (χ1) is 17.8. The van der Waals surface area contributed by atoms with E-state index >= 15 is 0 Å². The minimum absolute atomic E-state index is 0.124. The maximum Gasteiger partial charge on any atom is 0.573 e. The van der Waals surface area contributed by atoms with E-state index in [0.29, 0.717) is 24.4 Å². The van der Waals surface area contributed by atoms with Gasteiger partial charge in [-0.25, -0.2) is 5.10 Å². The van der Waals surface area contributed by atoms with E-state index in [9.17, 15) is 18.0 Å². The van der Waals surface area contributed by atoms with Gasteiger partial charge in [-0.05, 0) is 65.6 Å². The van der Waals surface area contributed by atoms with Crippen LogP contribution in [0.2, 0.25) is 0 Å². The first-order valence-corrected chi connectivity index (χ1v) is 12.2. The van der Waals surface area contributed by atoms with Crippen LogP contribution in [0.4, 0.5) is 19.1 Å². The quantitative estimate of drug-likeness (QED) is 0.449. The van der Waals surface area contributed by atoms with Gasteiger partial charge in [0.05, 0.1) is 12.2 Å². The molecule has 37 heavy (non-hydrogen) atoms. The molecule has 1 amide bonds. The minimum Gasteiger partial charge on any atom is -0.406 e. The number of carbonyl (C=O) groups is 1. The van der Waals surface area contributed by atoms with Crippen molar-refractivity contribution in [3.05, 3.63) is 76.8 Å². The van der Waals surface area contributed by atoms with Gasteiger partial charge in [0.2, 0.25) is 5.95 Å². The van der Waals surface area contributed by atoms with Crippen LogP contribution in [0.15, 0.2) is 54.3 Å². The van der Waals surface area contributed by atoms with Gasteiger partial charge in [-0.2, -0.15) is 5.10 Å². The van der Waals surface area contributed by atoms with Gasteiger partial charge in [0.25, 0.3) is 5.91 Å². The fraction of sp³-hybridized carbons (Fsp3) is 0.400. The zero-order valence-electron chi connectivity index (χ0n) is 19.9. The summed E-state index contributed by atoms with van der Waals surface area (Å²) in [5.41, 5.74) is 3.41. The van der Waals surface area contributed by atoms with E-state index < -0.39 is 6.36 Å². The number of tetrazole rings is 1. The van der Waals surface area contributed by atoms with Crippen LogP contribution in [-0.4, -0.2) is 42.7 Å². The molecular weight excluding hydrogens is 487 g/mol. The Bertz CT molecular complexity index is 1270. The maximum atomic E-state index is 12.5. The number of hydrogen-bond donors (Lipinski definition) is 2. The Hall–Kier alpha value is -3.96. The fourth-order valence-electron chi connectivity index (χ4n) is 4.84. The molecule has 0 spiro atoms. The Labute approximate surface area is 210 Å². The molecule has 0 bridgehead atoms. The number of aromatic nitrogens is 6. The zero-order chi connectivity index (χ0) is 25.8. The molecule has 2 heterocycles. The predicted molar refractivity (Wildman–Crippen MR) is 127 cm³/mol. The second kappa shape index (κ2) is 10.6. The summed E-state index contributed by atoms with van der Waals surface area (Å²) >= 11 is 0. The molecule has 2 aliphatic carbocycles. The van der Waals surface area contributed by atoms with E-state index in [4.69, 9.17) is 5.10 Å². The molecule has 5 rings (SSSR count). The normalized spacial score (nSPS) is 18.5. The number of nitrogens with one attached hydrogen (secondary N) is 2. The Morgan fingerprint density at radius 3 is 2.59 bits per heavy atom. The third-order valence-electron chi connectivity index (χ3n) is 6.66. The van der Waals surface area contributed by atoms with Gasteiger partial charge in [0, 0.05) is 23.1 Å². The van der Waals surface area contributed by atoms with Gasteiger partial charge in [-0.1, -0.05) is 42.6 Å². The maximum absolute atomic E-state index is 12.5. The molecule has 0 aliphatic heterocycles. The fourth-order valence-corrected chi connectivity index (χ4v) is 4.84. The third-order valence-corrected chi connectivity index (χ3v) is 6.66. The summed E-state index contributed by atoms with van der Waals surface area (Å²) in [6, 6.07) is 9.32. The second-order valence-corrected chi connectivity index (χ2v) is 9.24. The van der Waals surface area contributed by atoms with E-state index in [1.165, 1.54) is 31.4 Å². The number of carbonyl (C=O) groups excluding carboxylic acids is 1. The van der Waals surface area contributed by atoms with Crippen molar-refractivity contribution in [3.8, 4) is 0 Å². The molecule has 12 heteroatoms. The molecule has 1 aromatic carbocycles. The molecular formula is C25H26F3N7O2. The van der Waals surface area contributed by atoms with Crippen LogP contribution < -0.4 is 5.32 Å². The average Bonchev–Trinajstić information content (AvgIpc) is 3.55. The third kappa shape index (κ3) is 6.25. The standard InChI is InChI=1S/C25H26F3N7O2/c26-25(27,28)37-20-12-10-17(11-13-20)21-14-22(18-4-2-1-3-5-18)35(32-21)15-16-6-8-19(9-7-16)23(36)29-24-30-33-34-31-24/h6-10,12-14,17-18H,1-5,11,15H2,(H2,29,30,31,33,34,36). The summed E-state index contributed by atoms with van der Waals surface area (Å²) in [5, 5.41) is 20.4. The van der Waals surface area contributed by atoms with E-state index in [1.807, 2.05) is 16.8 Å². The lowest BCUT2D eigenvalue weighted by molar-refractivity contribution is -0.303. The van der Waals surface area contributed by atoms with Gasteiger partial charge in [-0.15, -0.1) is 13.2 Å². The van der Waals surface area contributed by atoms with E-state index in [0.717, 1.165) is 29.8 Å². The number of halogens is 3. The molecule has 0 radical (unpaired) electrons. The van der Waals surface area contributed by atoms with E-state index in [1.54, 1.807) is 18.2 Å². The van der Waals surface area contributed by atoms with Crippen molar-refractivity contribution in [2.24, 2.45) is 0 Å². The van der Waals surface area contributed by atoms with Crippen LogP contribution >= 0.6 is 0 Å². The number of H-pyrrole nitrogens is 1. The first-order valence-electron chi connectivity index (χ1n) is 12.2. The second-order valence-electron chi connectivity index (χ2n) is 9.24. The SMILES string of the molecule is O=C(Nc1nnn[nH]1)c1ccc(Cn2nc(C3C=CC(OC(F)(F)F)=CC3)cc2C2CCCCC2)cc1. The Balaban J connectivity index is 1.32.